The topological polar surface area (TPSA) is 38.3 Å². The number of benzene rings is 1. The van der Waals surface area contributed by atoms with Crippen molar-refractivity contribution in [2.24, 2.45) is 0 Å². The van der Waals surface area contributed by atoms with Gasteiger partial charge in [-0.1, -0.05) is 36.9 Å². The minimum atomic E-state index is -0.512. The standard InChI is InChI=1S/C19H27N2O2/c1-5-16-6-8-17(9-7-16)12-20-10-11-21(15-20)13-18(22)14-23-19(2,3)4/h5-11,15,18,22H,1,12-14H2,2-4H3/q+1. The van der Waals surface area contributed by atoms with E-state index in [2.05, 4.69) is 35.4 Å². The Morgan fingerprint density at radius 2 is 2.00 bits per heavy atom. The summed E-state index contributed by atoms with van der Waals surface area (Å²) in [5.41, 5.74) is 2.13. The van der Waals surface area contributed by atoms with Gasteiger partial charge in [0.25, 0.3) is 0 Å². The van der Waals surface area contributed by atoms with E-state index in [-0.39, 0.29) is 5.60 Å². The zero-order valence-corrected chi connectivity index (χ0v) is 14.3. The van der Waals surface area contributed by atoms with Gasteiger partial charge in [0.05, 0.1) is 12.2 Å². The van der Waals surface area contributed by atoms with Gasteiger partial charge in [0, 0.05) is 0 Å². The summed E-state index contributed by atoms with van der Waals surface area (Å²) in [5.74, 6) is 0. The van der Waals surface area contributed by atoms with Crippen molar-refractivity contribution in [1.29, 1.82) is 0 Å². The van der Waals surface area contributed by atoms with Crippen LogP contribution < -0.4 is 4.57 Å². The lowest BCUT2D eigenvalue weighted by molar-refractivity contribution is -0.687. The van der Waals surface area contributed by atoms with Crippen LogP contribution in [0.15, 0.2) is 49.6 Å². The van der Waals surface area contributed by atoms with E-state index in [1.54, 1.807) is 0 Å². The van der Waals surface area contributed by atoms with Crippen LogP contribution in [0.5, 0.6) is 0 Å². The molecule has 2 aromatic rings. The van der Waals surface area contributed by atoms with E-state index < -0.39 is 6.10 Å². The number of ether oxygens (including phenoxy) is 1. The highest BCUT2D eigenvalue weighted by Gasteiger charge is 2.16. The third kappa shape index (κ3) is 6.00. The number of hydrogen-bond acceptors (Lipinski definition) is 2. The molecule has 0 aliphatic rings. The van der Waals surface area contributed by atoms with E-state index in [0.29, 0.717) is 13.2 Å². The Labute approximate surface area is 138 Å². The van der Waals surface area contributed by atoms with E-state index in [4.69, 9.17) is 4.74 Å². The molecular weight excluding hydrogens is 288 g/mol. The number of aliphatic hydroxyl groups is 1. The van der Waals surface area contributed by atoms with Gasteiger partial charge in [0.15, 0.2) is 0 Å². The molecule has 23 heavy (non-hydrogen) atoms. The summed E-state index contributed by atoms with van der Waals surface area (Å²) in [7, 11) is 0. The zero-order valence-electron chi connectivity index (χ0n) is 14.3. The van der Waals surface area contributed by atoms with Crippen LogP contribution in [0.1, 0.15) is 31.9 Å². The molecule has 0 fully saturated rings. The van der Waals surface area contributed by atoms with Gasteiger partial charge in [0.1, 0.15) is 31.6 Å². The molecule has 0 amide bonds. The molecule has 1 aromatic heterocycles. The molecule has 0 bridgehead atoms. The molecule has 2 rings (SSSR count). The SMILES string of the molecule is C=Cc1ccc(C[n+]2ccn(CC(O)COC(C)(C)C)c2)cc1. The minimum absolute atomic E-state index is 0.227. The van der Waals surface area contributed by atoms with Crippen LogP contribution in [-0.4, -0.2) is 28.0 Å². The molecule has 0 aliphatic carbocycles. The van der Waals surface area contributed by atoms with E-state index in [1.165, 1.54) is 5.56 Å². The molecule has 1 aromatic carbocycles. The van der Waals surface area contributed by atoms with Gasteiger partial charge in [-0.15, -0.1) is 0 Å². The van der Waals surface area contributed by atoms with Crippen molar-refractivity contribution in [2.45, 2.75) is 45.6 Å². The smallest absolute Gasteiger partial charge is 0.244 e. The Kier molecular flexibility index (Phi) is 5.74. The lowest BCUT2D eigenvalue weighted by atomic mass is 10.1. The van der Waals surface area contributed by atoms with Crippen molar-refractivity contribution in [3.63, 3.8) is 0 Å². The molecule has 0 spiro atoms. The van der Waals surface area contributed by atoms with Gasteiger partial charge in [0.2, 0.25) is 6.33 Å². The van der Waals surface area contributed by atoms with Crippen LogP contribution in [0.3, 0.4) is 0 Å². The fourth-order valence-electron chi connectivity index (χ4n) is 2.25. The highest BCUT2D eigenvalue weighted by molar-refractivity contribution is 5.47. The van der Waals surface area contributed by atoms with Crippen LogP contribution in [-0.2, 0) is 17.8 Å². The molecule has 4 heteroatoms. The maximum atomic E-state index is 10.1. The number of hydrogen-bond donors (Lipinski definition) is 1. The van der Waals surface area contributed by atoms with Crippen molar-refractivity contribution in [2.75, 3.05) is 6.61 Å². The van der Waals surface area contributed by atoms with Crippen molar-refractivity contribution < 1.29 is 14.4 Å². The second-order valence-corrected chi connectivity index (χ2v) is 6.81. The van der Waals surface area contributed by atoms with Gasteiger partial charge in [-0.3, -0.25) is 0 Å². The largest absolute Gasteiger partial charge is 0.387 e. The highest BCUT2D eigenvalue weighted by Crippen LogP contribution is 2.08. The quantitative estimate of drug-likeness (QED) is 0.798. The molecule has 1 atom stereocenters. The molecule has 1 heterocycles. The molecule has 0 aliphatic heterocycles. The molecule has 0 saturated heterocycles. The minimum Gasteiger partial charge on any atom is -0.387 e. The van der Waals surface area contributed by atoms with Gasteiger partial charge in [-0.2, -0.15) is 0 Å². The lowest BCUT2D eigenvalue weighted by Gasteiger charge is -2.21. The Hall–Kier alpha value is -1.91. The van der Waals surface area contributed by atoms with Crippen LogP contribution in [0.25, 0.3) is 6.08 Å². The van der Waals surface area contributed by atoms with Crippen molar-refractivity contribution in [1.82, 2.24) is 4.57 Å². The number of rotatable bonds is 7. The van der Waals surface area contributed by atoms with Crippen LogP contribution in [0, 0.1) is 0 Å². The lowest BCUT2D eigenvalue weighted by Crippen LogP contribution is -2.32. The fourth-order valence-corrected chi connectivity index (χ4v) is 2.25. The molecule has 124 valence electrons. The summed E-state index contributed by atoms with van der Waals surface area (Å²) in [6, 6.07) is 8.34. The van der Waals surface area contributed by atoms with Crippen LogP contribution in [0.2, 0.25) is 0 Å². The summed E-state index contributed by atoms with van der Waals surface area (Å²) in [4.78, 5) is 0. The molecular formula is C19H27N2O2+. The zero-order chi connectivity index (χ0) is 16.9. The van der Waals surface area contributed by atoms with Crippen LogP contribution >= 0.6 is 0 Å². The number of aliphatic hydroxyl groups excluding tert-OH is 1. The number of aromatic nitrogens is 2. The molecule has 4 nitrogen and oxygen atoms in total. The molecule has 0 radical (unpaired) electrons. The van der Waals surface area contributed by atoms with E-state index >= 15 is 0 Å². The number of imidazole rings is 1. The Morgan fingerprint density at radius 1 is 1.30 bits per heavy atom. The predicted molar refractivity (Wildman–Crippen MR) is 92.0 cm³/mol. The summed E-state index contributed by atoms with van der Waals surface area (Å²) in [6.45, 7) is 11.4. The third-order valence-electron chi connectivity index (χ3n) is 3.46. The van der Waals surface area contributed by atoms with Crippen molar-refractivity contribution >= 4 is 6.08 Å². The van der Waals surface area contributed by atoms with Crippen molar-refractivity contribution in [3.8, 4) is 0 Å². The average molecular weight is 315 g/mol. The van der Waals surface area contributed by atoms with Gasteiger partial charge < -0.3 is 9.84 Å². The average Bonchev–Trinajstić information content (AvgIpc) is 2.92. The fraction of sp³-hybridized carbons (Fsp3) is 0.421. The summed E-state index contributed by atoms with van der Waals surface area (Å²) < 4.78 is 9.69. The van der Waals surface area contributed by atoms with Gasteiger partial charge in [-0.05, 0) is 31.9 Å². The maximum Gasteiger partial charge on any atom is 0.244 e. The van der Waals surface area contributed by atoms with Gasteiger partial charge in [-0.25, -0.2) is 9.13 Å². The van der Waals surface area contributed by atoms with Crippen LogP contribution in [0.4, 0.5) is 0 Å². The monoisotopic (exact) mass is 315 g/mol. The Balaban J connectivity index is 1.88. The Bertz CT molecular complexity index is 624. The summed E-state index contributed by atoms with van der Waals surface area (Å²) >= 11 is 0. The first kappa shape index (κ1) is 17.4. The Morgan fingerprint density at radius 3 is 2.61 bits per heavy atom. The molecule has 1 unspecified atom stereocenters. The predicted octanol–water partition coefficient (Wildman–Crippen LogP) is 2.64. The third-order valence-corrected chi connectivity index (χ3v) is 3.46. The highest BCUT2D eigenvalue weighted by atomic mass is 16.5. The first-order chi connectivity index (χ1) is 10.9. The maximum absolute atomic E-state index is 10.1. The first-order valence-electron chi connectivity index (χ1n) is 7.94. The summed E-state index contributed by atoms with van der Waals surface area (Å²) in [5, 5.41) is 10.1. The second kappa shape index (κ2) is 7.57. The van der Waals surface area contributed by atoms with Gasteiger partial charge >= 0.3 is 0 Å². The summed E-state index contributed by atoms with van der Waals surface area (Å²) in [6.07, 6.45) is 7.31. The normalized spacial score (nSPS) is 13.0. The van der Waals surface area contributed by atoms with E-state index in [1.807, 2.05) is 50.1 Å². The number of nitrogens with zero attached hydrogens (tertiary/aromatic N) is 2. The molecule has 0 saturated carbocycles. The van der Waals surface area contributed by atoms with Crippen molar-refractivity contribution in [3.05, 3.63) is 60.7 Å². The van der Waals surface area contributed by atoms with E-state index in [9.17, 15) is 5.11 Å². The first-order valence-corrected chi connectivity index (χ1v) is 7.94. The second-order valence-electron chi connectivity index (χ2n) is 6.81. The van der Waals surface area contributed by atoms with E-state index in [0.717, 1.165) is 12.1 Å². The molecule has 1 N–H and O–H groups in total.